The summed E-state index contributed by atoms with van der Waals surface area (Å²) >= 11 is 0. The third kappa shape index (κ3) is 4.14. The summed E-state index contributed by atoms with van der Waals surface area (Å²) in [6, 6.07) is 2.02. The molecular weight excluding hydrogens is 276 g/mol. The number of aryl methyl sites for hydroxylation is 2. The molecule has 1 fully saturated rings. The number of rotatable bonds is 4. The average molecular weight is 298 g/mol. The van der Waals surface area contributed by atoms with Crippen LogP contribution in [-0.2, 0) is 16.4 Å². The first-order valence-electron chi connectivity index (χ1n) is 6.97. The Morgan fingerprint density at radius 2 is 2.00 bits per heavy atom. The average Bonchev–Trinajstić information content (AvgIpc) is 2.37. The van der Waals surface area contributed by atoms with Crippen LogP contribution in [0, 0.1) is 12.8 Å². The predicted molar refractivity (Wildman–Crippen MR) is 79.1 cm³/mol. The fourth-order valence-electron chi connectivity index (χ4n) is 2.61. The molecule has 0 atom stereocenters. The Morgan fingerprint density at radius 1 is 1.35 bits per heavy atom. The van der Waals surface area contributed by atoms with Crippen molar-refractivity contribution in [1.82, 2.24) is 9.97 Å². The van der Waals surface area contributed by atoms with Gasteiger partial charge in [0.1, 0.15) is 11.6 Å². The second-order valence-electron chi connectivity index (χ2n) is 5.38. The maximum Gasteiger partial charge on any atom is 0.209 e. The van der Waals surface area contributed by atoms with Crippen molar-refractivity contribution >= 4 is 15.8 Å². The highest BCUT2D eigenvalue weighted by molar-refractivity contribution is 7.89. The number of nitrogens with two attached hydrogens (primary N) is 1. The van der Waals surface area contributed by atoms with Crippen LogP contribution in [0.25, 0.3) is 0 Å². The van der Waals surface area contributed by atoms with E-state index in [-0.39, 0.29) is 11.7 Å². The number of hydrogen-bond donors (Lipinski definition) is 1. The summed E-state index contributed by atoms with van der Waals surface area (Å²) in [6.45, 7) is 5.61. The molecule has 0 aliphatic carbocycles. The van der Waals surface area contributed by atoms with E-state index in [2.05, 4.69) is 21.8 Å². The lowest BCUT2D eigenvalue weighted by Crippen LogP contribution is -2.37. The van der Waals surface area contributed by atoms with E-state index in [1.807, 2.05) is 13.0 Å². The van der Waals surface area contributed by atoms with E-state index in [4.69, 9.17) is 5.14 Å². The van der Waals surface area contributed by atoms with Gasteiger partial charge in [0, 0.05) is 24.8 Å². The van der Waals surface area contributed by atoms with Gasteiger partial charge in [-0.25, -0.2) is 23.5 Å². The van der Waals surface area contributed by atoms with Crippen LogP contribution in [0.3, 0.4) is 0 Å². The highest BCUT2D eigenvalue weighted by atomic mass is 32.2. The second-order valence-corrected chi connectivity index (χ2v) is 7.04. The second kappa shape index (κ2) is 6.05. The molecule has 0 saturated carbocycles. The lowest BCUT2D eigenvalue weighted by atomic mass is 9.99. The molecule has 7 heteroatoms. The van der Waals surface area contributed by atoms with Crippen LogP contribution in [0.1, 0.15) is 31.3 Å². The van der Waals surface area contributed by atoms with Gasteiger partial charge in [-0.15, -0.1) is 0 Å². The van der Waals surface area contributed by atoms with Gasteiger partial charge in [-0.3, -0.25) is 0 Å². The zero-order valence-electron chi connectivity index (χ0n) is 12.0. The lowest BCUT2D eigenvalue weighted by Gasteiger charge is -2.32. The summed E-state index contributed by atoms with van der Waals surface area (Å²) in [6.07, 6.45) is 2.56. The molecule has 1 aromatic rings. The number of primary sulfonamides is 1. The molecule has 112 valence electrons. The van der Waals surface area contributed by atoms with E-state index in [1.54, 1.807) is 0 Å². The van der Waals surface area contributed by atoms with E-state index < -0.39 is 10.0 Å². The van der Waals surface area contributed by atoms with Crippen molar-refractivity contribution in [3.05, 3.63) is 17.6 Å². The first-order valence-corrected chi connectivity index (χ1v) is 8.69. The van der Waals surface area contributed by atoms with Crippen LogP contribution in [0.15, 0.2) is 6.07 Å². The zero-order chi connectivity index (χ0) is 14.8. The number of nitrogens with zero attached hydrogens (tertiary/aromatic N) is 3. The van der Waals surface area contributed by atoms with Crippen molar-refractivity contribution in [2.24, 2.45) is 11.1 Å². The molecule has 2 rings (SSSR count). The molecule has 0 spiro atoms. The molecule has 2 N–H and O–H groups in total. The molecule has 0 bridgehead atoms. The van der Waals surface area contributed by atoms with Crippen LogP contribution in [-0.4, -0.2) is 37.2 Å². The summed E-state index contributed by atoms with van der Waals surface area (Å²) in [5, 5.41) is 5.11. The largest absolute Gasteiger partial charge is 0.356 e. The maximum atomic E-state index is 11.1. The highest BCUT2D eigenvalue weighted by Gasteiger charge is 2.23. The Kier molecular flexibility index (Phi) is 4.59. The third-order valence-corrected chi connectivity index (χ3v) is 4.58. The maximum absolute atomic E-state index is 11.1. The number of aromatic nitrogens is 2. The van der Waals surface area contributed by atoms with Gasteiger partial charge in [0.25, 0.3) is 0 Å². The van der Waals surface area contributed by atoms with Crippen LogP contribution in [0.4, 0.5) is 5.82 Å². The van der Waals surface area contributed by atoms with Gasteiger partial charge in [-0.2, -0.15) is 0 Å². The van der Waals surface area contributed by atoms with E-state index >= 15 is 0 Å². The standard InChI is InChI=1S/C13H22N4O2S/c1-3-12-8-13(16-10(2)15-12)17-6-4-11(5-7-17)9-20(14,18)19/h8,11H,3-7,9H2,1-2H3,(H2,14,18,19). The first-order chi connectivity index (χ1) is 9.37. The van der Waals surface area contributed by atoms with Crippen molar-refractivity contribution in [2.75, 3.05) is 23.7 Å². The molecule has 6 nitrogen and oxygen atoms in total. The molecule has 1 aliphatic rings. The van der Waals surface area contributed by atoms with Crippen molar-refractivity contribution in [3.63, 3.8) is 0 Å². The van der Waals surface area contributed by atoms with Gasteiger partial charge in [-0.1, -0.05) is 6.92 Å². The van der Waals surface area contributed by atoms with Gasteiger partial charge < -0.3 is 4.90 Å². The predicted octanol–water partition coefficient (Wildman–Crippen LogP) is 0.852. The minimum Gasteiger partial charge on any atom is -0.356 e. The molecule has 1 saturated heterocycles. The smallest absolute Gasteiger partial charge is 0.209 e. The van der Waals surface area contributed by atoms with E-state index in [0.717, 1.165) is 49.7 Å². The lowest BCUT2D eigenvalue weighted by molar-refractivity contribution is 0.434. The van der Waals surface area contributed by atoms with Gasteiger partial charge in [-0.05, 0) is 32.1 Å². The van der Waals surface area contributed by atoms with Crippen LogP contribution < -0.4 is 10.0 Å². The minimum atomic E-state index is -3.37. The van der Waals surface area contributed by atoms with Crippen molar-refractivity contribution in [2.45, 2.75) is 33.1 Å². The fourth-order valence-corrected chi connectivity index (χ4v) is 3.60. The monoisotopic (exact) mass is 298 g/mol. The van der Waals surface area contributed by atoms with Crippen molar-refractivity contribution in [1.29, 1.82) is 0 Å². The molecule has 0 unspecified atom stereocenters. The Balaban J connectivity index is 2.02. The summed E-state index contributed by atoms with van der Waals surface area (Å²) in [5.41, 5.74) is 1.04. The molecule has 0 aromatic carbocycles. The topological polar surface area (TPSA) is 89.2 Å². The number of sulfonamides is 1. The minimum absolute atomic E-state index is 0.0872. The fraction of sp³-hybridized carbons (Fsp3) is 0.692. The zero-order valence-corrected chi connectivity index (χ0v) is 12.9. The van der Waals surface area contributed by atoms with Gasteiger partial charge in [0.2, 0.25) is 10.0 Å². The molecule has 0 amide bonds. The Labute approximate surface area is 120 Å². The highest BCUT2D eigenvalue weighted by Crippen LogP contribution is 2.23. The SMILES string of the molecule is CCc1cc(N2CCC(CS(N)(=O)=O)CC2)nc(C)n1. The van der Waals surface area contributed by atoms with Crippen LogP contribution in [0.2, 0.25) is 0 Å². The van der Waals surface area contributed by atoms with E-state index in [0.29, 0.717) is 0 Å². The van der Waals surface area contributed by atoms with E-state index in [9.17, 15) is 8.42 Å². The summed E-state index contributed by atoms with van der Waals surface area (Å²) < 4.78 is 22.2. The van der Waals surface area contributed by atoms with Gasteiger partial charge in [0.15, 0.2) is 0 Å². The first kappa shape index (κ1) is 15.2. The Bertz CT molecular complexity index is 566. The Morgan fingerprint density at radius 3 is 2.55 bits per heavy atom. The van der Waals surface area contributed by atoms with Gasteiger partial charge in [0.05, 0.1) is 5.75 Å². The van der Waals surface area contributed by atoms with Crippen molar-refractivity contribution in [3.8, 4) is 0 Å². The number of anilines is 1. The summed E-state index contributed by atoms with van der Waals surface area (Å²) in [7, 11) is -3.37. The Hall–Kier alpha value is -1.21. The molecular formula is C13H22N4O2S. The summed E-state index contributed by atoms with van der Waals surface area (Å²) in [5.74, 6) is 1.98. The normalized spacial score (nSPS) is 17.4. The van der Waals surface area contributed by atoms with E-state index in [1.165, 1.54) is 0 Å². The molecule has 20 heavy (non-hydrogen) atoms. The quantitative estimate of drug-likeness (QED) is 0.890. The molecule has 0 radical (unpaired) electrons. The molecule has 1 aromatic heterocycles. The van der Waals surface area contributed by atoms with Crippen LogP contribution in [0.5, 0.6) is 0 Å². The number of piperidine rings is 1. The number of hydrogen-bond acceptors (Lipinski definition) is 5. The molecule has 1 aliphatic heterocycles. The van der Waals surface area contributed by atoms with Crippen LogP contribution >= 0.6 is 0 Å². The van der Waals surface area contributed by atoms with Gasteiger partial charge >= 0.3 is 0 Å². The third-order valence-electron chi connectivity index (χ3n) is 3.65. The summed E-state index contributed by atoms with van der Waals surface area (Å²) in [4.78, 5) is 11.1. The van der Waals surface area contributed by atoms with Crippen molar-refractivity contribution < 1.29 is 8.42 Å². The molecule has 2 heterocycles.